The van der Waals surface area contributed by atoms with Crippen molar-refractivity contribution < 1.29 is 8.83 Å². The molecule has 2 heterocycles. The van der Waals surface area contributed by atoms with Gasteiger partial charge in [-0.15, -0.1) is 0 Å². The lowest BCUT2D eigenvalue weighted by molar-refractivity contribution is 0.572. The molecule has 0 amide bonds. The highest BCUT2D eigenvalue weighted by molar-refractivity contribution is 6.41. The van der Waals surface area contributed by atoms with Crippen LogP contribution in [0.1, 0.15) is 86.1 Å². The molecule has 0 spiro atoms. The number of hydrogen-bond donors (Lipinski definition) is 0. The number of para-hydroxylation sites is 4. The van der Waals surface area contributed by atoms with Gasteiger partial charge in [0.15, 0.2) is 0 Å². The Hall–Kier alpha value is -7.56. The summed E-state index contributed by atoms with van der Waals surface area (Å²) >= 11 is 0. The smallest absolute Gasteiger partial charge is 0.143 e. The molecule has 0 aliphatic rings. The monoisotopic (exact) mass is 856 g/mol. The molecule has 0 radical (unpaired) electrons. The van der Waals surface area contributed by atoms with Crippen LogP contribution in [0.25, 0.3) is 65.4 Å². The van der Waals surface area contributed by atoms with E-state index >= 15 is 0 Å². The van der Waals surface area contributed by atoms with E-state index in [1.54, 1.807) is 0 Å². The summed E-state index contributed by atoms with van der Waals surface area (Å²) in [6.07, 6.45) is 0. The molecular formula is C62H52N2O2. The van der Waals surface area contributed by atoms with E-state index in [1.165, 1.54) is 5.56 Å². The first kappa shape index (κ1) is 41.2. The second-order valence-electron chi connectivity index (χ2n) is 19.9. The molecule has 0 fully saturated rings. The lowest BCUT2D eigenvalue weighted by atomic mass is 9.81. The van der Waals surface area contributed by atoms with Gasteiger partial charge in [0.25, 0.3) is 0 Å². The van der Waals surface area contributed by atoms with Gasteiger partial charge >= 0.3 is 0 Å². The Balaban J connectivity index is 1.46. The number of aliphatic imine (C=N–C) groups is 2. The molecule has 0 aliphatic heterocycles. The first-order valence-electron chi connectivity index (χ1n) is 23.0. The first-order chi connectivity index (χ1) is 31.8. The summed E-state index contributed by atoms with van der Waals surface area (Å²) in [5.74, 6) is 0. The summed E-state index contributed by atoms with van der Waals surface area (Å²) in [4.78, 5) is 11.4. The molecule has 0 saturated carbocycles. The minimum atomic E-state index is -0.157. The van der Waals surface area contributed by atoms with Crippen molar-refractivity contribution >= 4 is 88.2 Å². The molecule has 0 atom stereocenters. The maximum atomic E-state index is 7.42. The molecule has 11 aromatic rings. The minimum absolute atomic E-state index is 0.154. The van der Waals surface area contributed by atoms with E-state index in [0.717, 1.165) is 127 Å². The van der Waals surface area contributed by atoms with Gasteiger partial charge in [0.2, 0.25) is 0 Å². The Kier molecular flexibility index (Phi) is 9.70. The van der Waals surface area contributed by atoms with Crippen LogP contribution in [0.15, 0.2) is 189 Å². The third-order valence-corrected chi connectivity index (χ3v) is 13.0. The summed E-state index contributed by atoms with van der Waals surface area (Å²) in [6, 6.07) is 60.2. The van der Waals surface area contributed by atoms with Crippen molar-refractivity contribution in [1.29, 1.82) is 0 Å². The third kappa shape index (κ3) is 6.91. The van der Waals surface area contributed by atoms with Gasteiger partial charge in [-0.05, 0) is 90.0 Å². The number of rotatable bonds is 6. The van der Waals surface area contributed by atoms with Crippen LogP contribution in [0.4, 0.5) is 11.4 Å². The fourth-order valence-corrected chi connectivity index (χ4v) is 10.00. The van der Waals surface area contributed by atoms with Crippen molar-refractivity contribution in [2.75, 3.05) is 0 Å². The molecule has 0 N–H and O–H groups in total. The van der Waals surface area contributed by atoms with Crippen molar-refractivity contribution in [2.45, 2.75) is 66.2 Å². The van der Waals surface area contributed by atoms with Gasteiger partial charge in [0, 0.05) is 65.7 Å². The highest BCUT2D eigenvalue weighted by Gasteiger charge is 2.31. The fraction of sp³-hybridized carbons (Fsp3) is 0.161. The van der Waals surface area contributed by atoms with Crippen LogP contribution in [0.3, 0.4) is 0 Å². The first-order valence-corrected chi connectivity index (χ1v) is 23.0. The summed E-state index contributed by atoms with van der Waals surface area (Å²) in [5, 5.41) is 8.41. The molecule has 2 aromatic heterocycles. The lowest BCUT2D eigenvalue weighted by Crippen LogP contribution is -2.15. The van der Waals surface area contributed by atoms with Gasteiger partial charge < -0.3 is 8.83 Å². The zero-order valence-corrected chi connectivity index (χ0v) is 38.9. The van der Waals surface area contributed by atoms with E-state index < -0.39 is 0 Å². The SMILES string of the molecule is Cc1cccc(C(=Nc2ccccc2)c2c(C(=Nc3ccccc3)c3cccc(C)c3)c3ccc4oc5c(C(C)(C)C)cccc5c4c3c3c2ccc2c4cccc(C(C)(C)C)c4oc23)c1. The van der Waals surface area contributed by atoms with Crippen molar-refractivity contribution in [2.24, 2.45) is 9.98 Å². The Labute approximate surface area is 386 Å². The van der Waals surface area contributed by atoms with E-state index in [0.29, 0.717) is 0 Å². The topological polar surface area (TPSA) is 51.0 Å². The maximum absolute atomic E-state index is 7.42. The third-order valence-electron chi connectivity index (χ3n) is 13.0. The summed E-state index contributed by atoms with van der Waals surface area (Å²) in [7, 11) is 0. The predicted molar refractivity (Wildman–Crippen MR) is 279 cm³/mol. The van der Waals surface area contributed by atoms with Gasteiger partial charge in [-0.2, -0.15) is 0 Å². The lowest BCUT2D eigenvalue weighted by Gasteiger charge is -2.22. The molecule has 0 saturated heterocycles. The number of benzene rings is 9. The van der Waals surface area contributed by atoms with E-state index in [9.17, 15) is 0 Å². The molecule has 0 bridgehead atoms. The van der Waals surface area contributed by atoms with E-state index in [1.807, 2.05) is 12.1 Å². The van der Waals surface area contributed by atoms with Crippen LogP contribution < -0.4 is 0 Å². The highest BCUT2D eigenvalue weighted by Crippen LogP contribution is 2.49. The normalized spacial score (nSPS) is 13.0. The molecule has 4 nitrogen and oxygen atoms in total. The quantitative estimate of drug-likeness (QED) is 0.124. The molecule has 0 unspecified atom stereocenters. The Morgan fingerprint density at radius 2 is 0.833 bits per heavy atom. The molecule has 66 heavy (non-hydrogen) atoms. The number of furan rings is 2. The molecule has 0 aliphatic carbocycles. The standard InChI is InChI=1S/C62H52N2O2/c1-37-19-15-21-39(35-37)56(63-41-23-11-9-12-24-41)53-45-33-34-50-51(47-28-18-30-49(59(47)65-50)62(6,7)8)52(45)55-46(32-31-44-43-27-17-29-48(61(3,4)5)58(43)66-60(44)55)54(53)57(40-22-16-20-38(2)36-40)64-42-25-13-10-14-26-42/h9-36H,1-8H3. The van der Waals surface area contributed by atoms with Crippen LogP contribution in [0.5, 0.6) is 0 Å². The predicted octanol–water partition coefficient (Wildman–Crippen LogP) is 17.3. The summed E-state index contributed by atoms with van der Waals surface area (Å²) in [6.45, 7) is 17.8. The highest BCUT2D eigenvalue weighted by atomic mass is 16.3. The number of fused-ring (bicyclic) bond motifs is 11. The van der Waals surface area contributed by atoms with E-state index in [-0.39, 0.29) is 10.8 Å². The van der Waals surface area contributed by atoms with Crippen LogP contribution >= 0.6 is 0 Å². The average molecular weight is 857 g/mol. The zero-order valence-electron chi connectivity index (χ0n) is 38.9. The zero-order chi connectivity index (χ0) is 45.5. The second kappa shape index (κ2) is 15.6. The molecular weight excluding hydrogens is 805 g/mol. The average Bonchev–Trinajstić information content (AvgIpc) is 3.88. The largest absolute Gasteiger partial charge is 0.456 e. The number of hydrogen-bond acceptors (Lipinski definition) is 4. The molecule has 322 valence electrons. The van der Waals surface area contributed by atoms with Gasteiger partial charge in [0.1, 0.15) is 22.3 Å². The minimum Gasteiger partial charge on any atom is -0.456 e. The van der Waals surface area contributed by atoms with E-state index in [2.05, 4.69) is 213 Å². The van der Waals surface area contributed by atoms with Gasteiger partial charge in [0.05, 0.1) is 22.8 Å². The molecule has 11 rings (SSSR count). The Bertz CT molecular complexity index is 3780. The number of aryl methyl sites for hydroxylation is 2. The molecule has 9 aromatic carbocycles. The second-order valence-corrected chi connectivity index (χ2v) is 19.9. The van der Waals surface area contributed by atoms with Crippen molar-refractivity contribution in [3.63, 3.8) is 0 Å². The van der Waals surface area contributed by atoms with Crippen molar-refractivity contribution in [1.82, 2.24) is 0 Å². The van der Waals surface area contributed by atoms with Crippen molar-refractivity contribution in [3.05, 3.63) is 214 Å². The summed E-state index contributed by atoms with van der Waals surface area (Å²) < 4.78 is 14.5. The fourth-order valence-electron chi connectivity index (χ4n) is 10.00. The maximum Gasteiger partial charge on any atom is 0.143 e. The molecule has 4 heteroatoms. The van der Waals surface area contributed by atoms with Crippen LogP contribution in [-0.4, -0.2) is 11.4 Å². The number of nitrogens with zero attached hydrogens (tertiary/aromatic N) is 2. The van der Waals surface area contributed by atoms with Crippen LogP contribution in [0, 0.1) is 13.8 Å². The van der Waals surface area contributed by atoms with Crippen molar-refractivity contribution in [3.8, 4) is 0 Å². The van der Waals surface area contributed by atoms with Gasteiger partial charge in [-0.25, -0.2) is 9.98 Å². The van der Waals surface area contributed by atoms with Crippen LogP contribution in [-0.2, 0) is 10.8 Å². The van der Waals surface area contributed by atoms with Crippen LogP contribution in [0.2, 0.25) is 0 Å². The van der Waals surface area contributed by atoms with Gasteiger partial charge in [-0.1, -0.05) is 168 Å². The Morgan fingerprint density at radius 3 is 1.36 bits per heavy atom. The van der Waals surface area contributed by atoms with Gasteiger partial charge in [-0.3, -0.25) is 0 Å². The Morgan fingerprint density at radius 1 is 0.379 bits per heavy atom. The summed E-state index contributed by atoms with van der Waals surface area (Å²) in [5.41, 5.74) is 15.2. The van der Waals surface area contributed by atoms with E-state index in [4.69, 9.17) is 18.8 Å².